The third kappa shape index (κ3) is 3.29. The number of hydrogen-bond donors (Lipinski definition) is 0. The summed E-state index contributed by atoms with van der Waals surface area (Å²) in [4.78, 5) is 57.7. The highest BCUT2D eigenvalue weighted by Crippen LogP contribution is 2.64. The predicted molar refractivity (Wildman–Crippen MR) is 165 cm³/mol. The third-order valence-electron chi connectivity index (χ3n) is 11.1. The van der Waals surface area contributed by atoms with E-state index in [0.29, 0.717) is 18.0 Å². The molecule has 3 aromatic carbocycles. The average molecular weight is 598 g/mol. The molecule has 45 heavy (non-hydrogen) atoms. The second kappa shape index (κ2) is 9.33. The summed E-state index contributed by atoms with van der Waals surface area (Å²) in [5.74, 6) is -2.89. The molecule has 4 bridgehead atoms. The number of imide groups is 2. The lowest BCUT2D eigenvalue weighted by molar-refractivity contribution is -0.140. The highest BCUT2D eigenvalue weighted by molar-refractivity contribution is 6.25. The number of fused-ring (bicyclic) bond motifs is 5. The van der Waals surface area contributed by atoms with E-state index in [1.165, 1.54) is 4.90 Å². The minimum Gasteiger partial charge on any atom is -0.494 e. The lowest BCUT2D eigenvalue weighted by Crippen LogP contribution is -2.55. The molecule has 8 heteroatoms. The van der Waals surface area contributed by atoms with Crippen molar-refractivity contribution in [3.05, 3.63) is 107 Å². The molecule has 0 aromatic heterocycles. The second-order valence-corrected chi connectivity index (χ2v) is 13.1. The van der Waals surface area contributed by atoms with Gasteiger partial charge in [0.25, 0.3) is 11.8 Å². The maximum absolute atomic E-state index is 14.7. The number of amides is 4. The van der Waals surface area contributed by atoms with Crippen LogP contribution >= 0.6 is 0 Å². The second-order valence-electron chi connectivity index (χ2n) is 13.1. The topological polar surface area (TPSA) is 96.3 Å². The van der Waals surface area contributed by atoms with Crippen LogP contribution in [-0.2, 0) is 24.6 Å². The van der Waals surface area contributed by atoms with Gasteiger partial charge in [0.05, 0.1) is 41.4 Å². The molecule has 4 amide bonds. The fourth-order valence-electron chi connectivity index (χ4n) is 9.36. The standard InChI is InChI=1S/C37H31N3O5/c1-2-17-45-23-15-13-22(14-16-23)39-33(41)31-30-24-7-3-5-9-26(24)37(32(31)36(39)44,27-10-6-4-8-25(27)30)19-38-40-34(42)28-20-11-12-21(18-20)29(28)35(40)43/h3-16,19-21,28-32H,2,17-18H2,1H3/b38-19-/t20-,21-,28+,29+,30?,31+,32-,37?/m0/s1. The van der Waals surface area contributed by atoms with Crippen LogP contribution < -0.4 is 9.64 Å². The fraction of sp³-hybridized carbons (Fsp3) is 0.324. The Bertz CT molecular complexity index is 1800. The molecule has 0 radical (unpaired) electrons. The summed E-state index contributed by atoms with van der Waals surface area (Å²) in [5.41, 5.74) is 3.02. The molecule has 7 aliphatic rings. The van der Waals surface area contributed by atoms with Crippen molar-refractivity contribution in [1.29, 1.82) is 0 Å². The first-order valence-corrected chi connectivity index (χ1v) is 15.9. The van der Waals surface area contributed by atoms with Crippen LogP contribution in [0.5, 0.6) is 5.75 Å². The van der Waals surface area contributed by atoms with E-state index >= 15 is 0 Å². The molecule has 6 atom stereocenters. The Kier molecular flexibility index (Phi) is 5.50. The number of hydrazone groups is 1. The summed E-state index contributed by atoms with van der Waals surface area (Å²) in [5, 5.41) is 5.74. The molecule has 0 spiro atoms. The van der Waals surface area contributed by atoms with Crippen LogP contribution in [0.25, 0.3) is 0 Å². The lowest BCUT2D eigenvalue weighted by Gasteiger charge is -2.52. The summed E-state index contributed by atoms with van der Waals surface area (Å²) in [6, 6.07) is 22.9. The van der Waals surface area contributed by atoms with Gasteiger partial charge in [0.1, 0.15) is 5.75 Å². The van der Waals surface area contributed by atoms with Crippen LogP contribution in [0.15, 0.2) is 90.0 Å². The van der Waals surface area contributed by atoms with Gasteiger partial charge in [-0.05, 0) is 71.2 Å². The van der Waals surface area contributed by atoms with Gasteiger partial charge in [-0.25, -0.2) is 4.90 Å². The Morgan fingerprint density at radius 2 is 1.38 bits per heavy atom. The van der Waals surface area contributed by atoms with Gasteiger partial charge in [-0.3, -0.25) is 19.2 Å². The first-order valence-electron chi connectivity index (χ1n) is 15.9. The molecule has 2 aliphatic heterocycles. The summed E-state index contributed by atoms with van der Waals surface area (Å²) in [6.45, 7) is 2.61. The van der Waals surface area contributed by atoms with Gasteiger partial charge in [0, 0.05) is 12.1 Å². The number of allylic oxidation sites excluding steroid dienone is 2. The Morgan fingerprint density at radius 3 is 1.98 bits per heavy atom. The van der Waals surface area contributed by atoms with Crippen LogP contribution in [0.1, 0.15) is 47.9 Å². The normalized spacial score (nSPS) is 33.3. The smallest absolute Gasteiger partial charge is 0.254 e. The maximum atomic E-state index is 14.7. The van der Waals surface area contributed by atoms with E-state index in [1.54, 1.807) is 30.5 Å². The molecule has 3 fully saturated rings. The molecule has 1 saturated carbocycles. The van der Waals surface area contributed by atoms with Crippen LogP contribution in [-0.4, -0.2) is 41.5 Å². The van der Waals surface area contributed by atoms with Gasteiger partial charge in [-0.2, -0.15) is 10.1 Å². The Labute approximate surface area is 260 Å². The Balaban J connectivity index is 1.19. The number of nitrogens with zero attached hydrogens (tertiary/aromatic N) is 3. The highest BCUT2D eigenvalue weighted by Gasteiger charge is 2.68. The number of hydrogen-bond acceptors (Lipinski definition) is 6. The van der Waals surface area contributed by atoms with Crippen molar-refractivity contribution in [3.8, 4) is 5.75 Å². The summed E-state index contributed by atoms with van der Waals surface area (Å²) >= 11 is 0. The van der Waals surface area contributed by atoms with Gasteiger partial charge < -0.3 is 4.74 Å². The number of carbonyl (C=O) groups is 4. The molecular weight excluding hydrogens is 566 g/mol. The SMILES string of the molecule is CCCOc1ccc(N2C(=O)[C@@H]3C4c5ccccc5C(/C=N\N5C(=O)[C@H]6[C@H](C5=O)[C@H]5C=C[C@H]6C5)(c5ccccc54)[C@@H]3C2=O)cc1. The zero-order chi connectivity index (χ0) is 30.6. The molecule has 224 valence electrons. The van der Waals surface area contributed by atoms with E-state index in [2.05, 4.69) is 12.2 Å². The van der Waals surface area contributed by atoms with Crippen molar-refractivity contribution in [2.24, 2.45) is 40.6 Å². The van der Waals surface area contributed by atoms with Crippen molar-refractivity contribution in [2.45, 2.75) is 31.1 Å². The van der Waals surface area contributed by atoms with E-state index in [-0.39, 0.29) is 53.2 Å². The largest absolute Gasteiger partial charge is 0.494 e. The minimum absolute atomic E-state index is 0.0621. The van der Waals surface area contributed by atoms with Crippen molar-refractivity contribution >= 4 is 35.5 Å². The zero-order valence-corrected chi connectivity index (χ0v) is 24.7. The summed E-state index contributed by atoms with van der Waals surface area (Å²) in [7, 11) is 0. The molecule has 2 saturated heterocycles. The summed E-state index contributed by atoms with van der Waals surface area (Å²) in [6.07, 6.45) is 7.46. The number of ether oxygens (including phenoxy) is 1. The van der Waals surface area contributed by atoms with E-state index in [9.17, 15) is 19.2 Å². The Morgan fingerprint density at radius 1 is 0.778 bits per heavy atom. The van der Waals surface area contributed by atoms with Crippen molar-refractivity contribution < 1.29 is 23.9 Å². The number of carbonyl (C=O) groups excluding carboxylic acids is 4. The van der Waals surface area contributed by atoms with Crippen LogP contribution in [0.3, 0.4) is 0 Å². The van der Waals surface area contributed by atoms with Gasteiger partial charge in [-0.1, -0.05) is 67.6 Å². The van der Waals surface area contributed by atoms with E-state index in [4.69, 9.17) is 9.84 Å². The van der Waals surface area contributed by atoms with Crippen molar-refractivity contribution in [1.82, 2.24) is 5.01 Å². The molecule has 2 heterocycles. The fourth-order valence-corrected chi connectivity index (χ4v) is 9.36. The van der Waals surface area contributed by atoms with Crippen LogP contribution in [0, 0.1) is 35.5 Å². The minimum atomic E-state index is -1.16. The van der Waals surface area contributed by atoms with E-state index in [0.717, 1.165) is 40.1 Å². The van der Waals surface area contributed by atoms with Crippen molar-refractivity contribution in [3.63, 3.8) is 0 Å². The maximum Gasteiger partial charge on any atom is 0.254 e. The van der Waals surface area contributed by atoms with E-state index in [1.807, 2.05) is 55.5 Å². The molecule has 8 nitrogen and oxygen atoms in total. The Hall–Kier alpha value is -4.85. The first-order chi connectivity index (χ1) is 22.0. The molecule has 5 aliphatic carbocycles. The molecule has 10 rings (SSSR count). The van der Waals surface area contributed by atoms with Crippen molar-refractivity contribution in [2.75, 3.05) is 11.5 Å². The summed E-state index contributed by atoms with van der Waals surface area (Å²) < 4.78 is 5.74. The van der Waals surface area contributed by atoms with Gasteiger partial charge in [0.2, 0.25) is 11.8 Å². The van der Waals surface area contributed by atoms with Crippen LogP contribution in [0.4, 0.5) is 5.69 Å². The van der Waals surface area contributed by atoms with E-state index < -0.39 is 17.3 Å². The lowest BCUT2D eigenvalue weighted by atomic mass is 9.47. The van der Waals surface area contributed by atoms with Gasteiger partial charge >= 0.3 is 0 Å². The first kappa shape index (κ1) is 26.5. The number of rotatable bonds is 6. The number of benzene rings is 3. The van der Waals surface area contributed by atoms with Gasteiger partial charge in [0.15, 0.2) is 0 Å². The third-order valence-corrected chi connectivity index (χ3v) is 11.1. The quantitative estimate of drug-likeness (QED) is 0.231. The molecule has 0 unspecified atom stereocenters. The molecule has 0 N–H and O–H groups in total. The van der Waals surface area contributed by atoms with Gasteiger partial charge in [-0.15, -0.1) is 0 Å². The molecule has 3 aromatic rings. The number of anilines is 1. The highest BCUT2D eigenvalue weighted by atomic mass is 16.5. The predicted octanol–water partition coefficient (Wildman–Crippen LogP) is 4.82. The molecular formula is C37H31N3O5. The monoisotopic (exact) mass is 597 g/mol. The zero-order valence-electron chi connectivity index (χ0n) is 24.7. The average Bonchev–Trinajstić information content (AvgIpc) is 3.82. The van der Waals surface area contributed by atoms with Crippen LogP contribution in [0.2, 0.25) is 0 Å².